The lowest BCUT2D eigenvalue weighted by Gasteiger charge is -2.34. The molecular weight excluding hydrogens is 354 g/mol. The SMILES string of the molecule is COc1ccc(CC(=O)N2CCN(C(=O)c3ccccn3)CC2)c(Cl)c1. The third-order valence-electron chi connectivity index (χ3n) is 4.41. The van der Waals surface area contributed by atoms with Gasteiger partial charge in [0.05, 0.1) is 13.5 Å². The van der Waals surface area contributed by atoms with Crippen LogP contribution in [0.25, 0.3) is 0 Å². The van der Waals surface area contributed by atoms with E-state index in [0.717, 1.165) is 5.56 Å². The van der Waals surface area contributed by atoms with Gasteiger partial charge in [-0.1, -0.05) is 23.7 Å². The molecule has 0 atom stereocenters. The fraction of sp³-hybridized carbons (Fsp3) is 0.316. The van der Waals surface area contributed by atoms with E-state index in [1.165, 1.54) is 0 Å². The third-order valence-corrected chi connectivity index (χ3v) is 4.76. The number of carbonyl (C=O) groups excluding carboxylic acids is 2. The number of carbonyl (C=O) groups is 2. The van der Waals surface area contributed by atoms with Gasteiger partial charge in [-0.05, 0) is 29.8 Å². The maximum atomic E-state index is 12.5. The predicted octanol–water partition coefficient (Wildman–Crippen LogP) is 2.27. The van der Waals surface area contributed by atoms with Crippen molar-refractivity contribution >= 4 is 23.4 Å². The molecule has 1 aromatic carbocycles. The van der Waals surface area contributed by atoms with Gasteiger partial charge in [-0.15, -0.1) is 0 Å². The van der Waals surface area contributed by atoms with Gasteiger partial charge in [-0.2, -0.15) is 0 Å². The molecule has 0 spiro atoms. The van der Waals surface area contributed by atoms with E-state index in [0.29, 0.717) is 42.6 Å². The Labute approximate surface area is 157 Å². The molecule has 1 aromatic heterocycles. The third kappa shape index (κ3) is 4.14. The van der Waals surface area contributed by atoms with Gasteiger partial charge in [0.2, 0.25) is 5.91 Å². The van der Waals surface area contributed by atoms with E-state index in [-0.39, 0.29) is 18.2 Å². The van der Waals surface area contributed by atoms with E-state index in [2.05, 4.69) is 4.98 Å². The minimum atomic E-state index is -0.101. The number of aromatic nitrogens is 1. The average molecular weight is 374 g/mol. The predicted molar refractivity (Wildman–Crippen MR) is 98.4 cm³/mol. The van der Waals surface area contributed by atoms with Gasteiger partial charge in [0.15, 0.2) is 0 Å². The van der Waals surface area contributed by atoms with Gasteiger partial charge in [0.25, 0.3) is 5.91 Å². The molecule has 1 fully saturated rings. The molecule has 1 saturated heterocycles. The van der Waals surface area contributed by atoms with Crippen LogP contribution in [0, 0.1) is 0 Å². The molecule has 6 nitrogen and oxygen atoms in total. The lowest BCUT2D eigenvalue weighted by molar-refractivity contribution is -0.131. The standard InChI is InChI=1S/C19H20ClN3O3/c1-26-15-6-5-14(16(20)13-15)12-18(24)22-8-10-23(11-9-22)19(25)17-4-2-3-7-21-17/h2-7,13H,8-12H2,1H3. The summed E-state index contributed by atoms with van der Waals surface area (Å²) in [4.78, 5) is 32.5. The Morgan fingerprint density at radius 2 is 1.85 bits per heavy atom. The average Bonchev–Trinajstić information content (AvgIpc) is 2.69. The second-order valence-corrected chi connectivity index (χ2v) is 6.43. The molecule has 2 aromatic rings. The zero-order valence-electron chi connectivity index (χ0n) is 14.5. The van der Waals surface area contributed by atoms with Crippen molar-refractivity contribution in [1.82, 2.24) is 14.8 Å². The molecule has 2 heterocycles. The summed E-state index contributed by atoms with van der Waals surface area (Å²) >= 11 is 6.21. The number of benzene rings is 1. The summed E-state index contributed by atoms with van der Waals surface area (Å²) in [5, 5.41) is 0.515. The van der Waals surface area contributed by atoms with E-state index in [9.17, 15) is 9.59 Å². The van der Waals surface area contributed by atoms with E-state index >= 15 is 0 Å². The molecule has 0 radical (unpaired) electrons. The first kappa shape index (κ1) is 18.2. The lowest BCUT2D eigenvalue weighted by Crippen LogP contribution is -2.51. The Balaban J connectivity index is 1.56. The summed E-state index contributed by atoms with van der Waals surface area (Å²) < 4.78 is 5.12. The van der Waals surface area contributed by atoms with Gasteiger partial charge in [-0.25, -0.2) is 0 Å². The van der Waals surface area contributed by atoms with Crippen LogP contribution in [0.15, 0.2) is 42.6 Å². The molecule has 26 heavy (non-hydrogen) atoms. The van der Waals surface area contributed by atoms with Crippen LogP contribution in [0.2, 0.25) is 5.02 Å². The molecule has 1 aliphatic rings. The molecule has 0 unspecified atom stereocenters. The fourth-order valence-electron chi connectivity index (χ4n) is 2.88. The number of piperazine rings is 1. The molecule has 0 saturated carbocycles. The Bertz CT molecular complexity index is 790. The summed E-state index contributed by atoms with van der Waals surface area (Å²) in [5.74, 6) is 0.561. The first-order chi connectivity index (χ1) is 12.6. The zero-order valence-corrected chi connectivity index (χ0v) is 15.3. The van der Waals surface area contributed by atoms with Gasteiger partial charge in [0.1, 0.15) is 11.4 Å². The van der Waals surface area contributed by atoms with Crippen LogP contribution in [0.1, 0.15) is 16.1 Å². The molecular formula is C19H20ClN3O3. The highest BCUT2D eigenvalue weighted by molar-refractivity contribution is 6.31. The van der Waals surface area contributed by atoms with E-state index in [4.69, 9.17) is 16.3 Å². The summed E-state index contributed by atoms with van der Waals surface area (Å²) in [6.45, 7) is 2.01. The van der Waals surface area contributed by atoms with Gasteiger partial charge in [-0.3, -0.25) is 14.6 Å². The number of amides is 2. The highest BCUT2D eigenvalue weighted by atomic mass is 35.5. The smallest absolute Gasteiger partial charge is 0.272 e. The van der Waals surface area contributed by atoms with Crippen molar-refractivity contribution in [2.45, 2.75) is 6.42 Å². The van der Waals surface area contributed by atoms with E-state index in [1.54, 1.807) is 59.5 Å². The molecule has 7 heteroatoms. The maximum absolute atomic E-state index is 12.5. The van der Waals surface area contributed by atoms with Crippen LogP contribution in [0.3, 0.4) is 0 Å². The van der Waals surface area contributed by atoms with Crippen LogP contribution in [-0.4, -0.2) is 59.9 Å². The lowest BCUT2D eigenvalue weighted by atomic mass is 10.1. The number of hydrogen-bond donors (Lipinski definition) is 0. The largest absolute Gasteiger partial charge is 0.497 e. The highest BCUT2D eigenvalue weighted by Gasteiger charge is 2.25. The summed E-state index contributed by atoms with van der Waals surface area (Å²) in [6, 6.07) is 10.6. The fourth-order valence-corrected chi connectivity index (χ4v) is 3.12. The number of hydrogen-bond acceptors (Lipinski definition) is 4. The minimum absolute atomic E-state index is 0.00185. The van der Waals surface area contributed by atoms with Crippen molar-refractivity contribution in [2.75, 3.05) is 33.3 Å². The second kappa shape index (κ2) is 8.19. The highest BCUT2D eigenvalue weighted by Crippen LogP contribution is 2.23. The van der Waals surface area contributed by atoms with Crippen molar-refractivity contribution in [3.8, 4) is 5.75 Å². The number of pyridine rings is 1. The van der Waals surface area contributed by atoms with Crippen molar-refractivity contribution in [1.29, 1.82) is 0 Å². The first-order valence-electron chi connectivity index (χ1n) is 8.39. The van der Waals surface area contributed by atoms with Crippen LogP contribution >= 0.6 is 11.6 Å². The first-order valence-corrected chi connectivity index (χ1v) is 8.77. The van der Waals surface area contributed by atoms with Crippen LogP contribution in [0.4, 0.5) is 0 Å². The van der Waals surface area contributed by atoms with Crippen LogP contribution in [0.5, 0.6) is 5.75 Å². The molecule has 136 valence electrons. The molecule has 0 aliphatic carbocycles. The van der Waals surface area contributed by atoms with Crippen molar-refractivity contribution in [3.63, 3.8) is 0 Å². The Morgan fingerprint density at radius 1 is 1.12 bits per heavy atom. The van der Waals surface area contributed by atoms with Gasteiger partial charge < -0.3 is 14.5 Å². The monoisotopic (exact) mass is 373 g/mol. The number of ether oxygens (including phenoxy) is 1. The Morgan fingerprint density at radius 3 is 2.46 bits per heavy atom. The zero-order chi connectivity index (χ0) is 18.5. The van der Waals surface area contributed by atoms with E-state index in [1.807, 2.05) is 0 Å². The topological polar surface area (TPSA) is 62.7 Å². The Hall–Kier alpha value is -2.60. The molecule has 0 bridgehead atoms. The minimum Gasteiger partial charge on any atom is -0.497 e. The number of methoxy groups -OCH3 is 1. The molecule has 0 N–H and O–H groups in total. The summed E-state index contributed by atoms with van der Waals surface area (Å²) in [6.07, 6.45) is 1.84. The van der Waals surface area contributed by atoms with Crippen LogP contribution < -0.4 is 4.74 Å². The number of nitrogens with zero attached hydrogens (tertiary/aromatic N) is 3. The van der Waals surface area contributed by atoms with Crippen LogP contribution in [-0.2, 0) is 11.2 Å². The normalized spacial score (nSPS) is 14.2. The number of rotatable bonds is 4. The van der Waals surface area contributed by atoms with Gasteiger partial charge >= 0.3 is 0 Å². The molecule has 3 rings (SSSR count). The van der Waals surface area contributed by atoms with Crippen molar-refractivity contribution in [3.05, 3.63) is 58.9 Å². The second-order valence-electron chi connectivity index (χ2n) is 6.02. The summed E-state index contributed by atoms with van der Waals surface area (Å²) in [5.41, 5.74) is 1.20. The van der Waals surface area contributed by atoms with Crippen molar-refractivity contribution < 1.29 is 14.3 Å². The summed E-state index contributed by atoms with van der Waals surface area (Å²) in [7, 11) is 1.57. The van der Waals surface area contributed by atoms with Gasteiger partial charge in [0, 0.05) is 37.4 Å². The van der Waals surface area contributed by atoms with E-state index < -0.39 is 0 Å². The molecule has 2 amide bonds. The maximum Gasteiger partial charge on any atom is 0.272 e. The number of halogens is 1. The Kier molecular flexibility index (Phi) is 5.73. The van der Waals surface area contributed by atoms with Crippen molar-refractivity contribution in [2.24, 2.45) is 0 Å². The molecule has 1 aliphatic heterocycles. The quantitative estimate of drug-likeness (QED) is 0.824.